The van der Waals surface area contributed by atoms with Gasteiger partial charge in [-0.15, -0.1) is 0 Å². The Morgan fingerprint density at radius 1 is 0.500 bits per heavy atom. The van der Waals surface area contributed by atoms with Crippen molar-refractivity contribution in [3.8, 4) is 0 Å². The molecule has 4 rings (SSSR count). The van der Waals surface area contributed by atoms with Gasteiger partial charge in [-0.05, 0) is 71.7 Å². The largest absolute Gasteiger partial charge is 0.378 e. The third-order valence-corrected chi connectivity index (χ3v) is 8.59. The van der Waals surface area contributed by atoms with Gasteiger partial charge in [-0.2, -0.15) is 0 Å². The minimum atomic E-state index is -0.680. The molecular formula is C31H33N2P. The number of hydrogen-bond acceptors (Lipinski definition) is 2. The van der Waals surface area contributed by atoms with Gasteiger partial charge in [0.2, 0.25) is 0 Å². The predicted octanol–water partition coefficient (Wildman–Crippen LogP) is 6.73. The molecule has 3 heteroatoms. The molecule has 172 valence electrons. The van der Waals surface area contributed by atoms with E-state index < -0.39 is 7.92 Å². The van der Waals surface area contributed by atoms with Crippen molar-refractivity contribution < 1.29 is 0 Å². The summed E-state index contributed by atoms with van der Waals surface area (Å²) in [4.78, 5) is 4.29. The van der Waals surface area contributed by atoms with Crippen molar-refractivity contribution >= 4 is 35.5 Å². The Balaban J connectivity index is 1.94. The van der Waals surface area contributed by atoms with Gasteiger partial charge in [0.1, 0.15) is 0 Å². The van der Waals surface area contributed by atoms with Crippen molar-refractivity contribution in [2.45, 2.75) is 6.92 Å². The van der Waals surface area contributed by atoms with Gasteiger partial charge < -0.3 is 9.80 Å². The first-order valence-corrected chi connectivity index (χ1v) is 13.0. The summed E-state index contributed by atoms with van der Waals surface area (Å²) in [5, 5.41) is 4.14. The van der Waals surface area contributed by atoms with Crippen molar-refractivity contribution in [2.75, 3.05) is 38.0 Å². The number of benzene rings is 4. The lowest BCUT2D eigenvalue weighted by atomic mass is 9.97. The number of anilines is 2. The van der Waals surface area contributed by atoms with Crippen molar-refractivity contribution in [1.82, 2.24) is 0 Å². The van der Waals surface area contributed by atoms with Crippen LogP contribution >= 0.6 is 7.92 Å². The molecule has 0 bridgehead atoms. The molecular weight excluding hydrogens is 431 g/mol. The first-order valence-electron chi connectivity index (χ1n) is 11.6. The summed E-state index contributed by atoms with van der Waals surface area (Å²) in [5.74, 6) is 0. The third-order valence-electron chi connectivity index (χ3n) is 6.07. The van der Waals surface area contributed by atoms with Crippen LogP contribution in [0, 0.1) is 0 Å². The van der Waals surface area contributed by atoms with Crippen molar-refractivity contribution in [3.05, 3.63) is 126 Å². The van der Waals surface area contributed by atoms with Crippen LogP contribution in [0.15, 0.2) is 115 Å². The molecule has 0 saturated heterocycles. The van der Waals surface area contributed by atoms with E-state index in [9.17, 15) is 0 Å². The molecule has 0 atom stereocenters. The molecule has 4 aromatic rings. The SMILES string of the molecule is CC(=C(c1ccc(N(C)C)cc1)c1ccc(N(C)C)cc1)P(c1ccccc1)c1ccccc1. The van der Waals surface area contributed by atoms with Gasteiger partial charge in [-0.1, -0.05) is 84.9 Å². The highest BCUT2D eigenvalue weighted by Crippen LogP contribution is 2.48. The third kappa shape index (κ3) is 5.24. The maximum atomic E-state index is 2.32. The van der Waals surface area contributed by atoms with Crippen LogP contribution in [0.25, 0.3) is 5.57 Å². The van der Waals surface area contributed by atoms with E-state index in [0.29, 0.717) is 0 Å². The van der Waals surface area contributed by atoms with E-state index in [-0.39, 0.29) is 0 Å². The topological polar surface area (TPSA) is 6.48 Å². The average Bonchev–Trinajstić information content (AvgIpc) is 2.86. The first-order chi connectivity index (χ1) is 16.5. The summed E-state index contributed by atoms with van der Waals surface area (Å²) in [6.45, 7) is 2.32. The summed E-state index contributed by atoms with van der Waals surface area (Å²) in [5.41, 5.74) is 6.23. The predicted molar refractivity (Wildman–Crippen MR) is 152 cm³/mol. The quantitative estimate of drug-likeness (QED) is 0.280. The summed E-state index contributed by atoms with van der Waals surface area (Å²) < 4.78 is 0. The Labute approximate surface area is 205 Å². The molecule has 0 spiro atoms. The molecule has 0 heterocycles. The summed E-state index contributed by atoms with van der Waals surface area (Å²) in [6.07, 6.45) is 0. The van der Waals surface area contributed by atoms with E-state index >= 15 is 0 Å². The second-order valence-corrected chi connectivity index (χ2v) is 11.2. The highest BCUT2D eigenvalue weighted by atomic mass is 31.1. The molecule has 0 aliphatic rings. The molecule has 34 heavy (non-hydrogen) atoms. The molecule has 0 saturated carbocycles. The Hall–Kier alpha value is -3.35. The maximum Gasteiger partial charge on any atom is 0.0361 e. The van der Waals surface area contributed by atoms with Crippen LogP contribution < -0.4 is 20.4 Å². The Morgan fingerprint density at radius 3 is 1.18 bits per heavy atom. The summed E-state index contributed by atoms with van der Waals surface area (Å²) in [6, 6.07) is 39.8. The lowest BCUT2D eigenvalue weighted by Crippen LogP contribution is -2.13. The molecule has 0 fully saturated rings. The molecule has 0 aliphatic carbocycles. The normalized spacial score (nSPS) is 10.8. The van der Waals surface area contributed by atoms with E-state index in [1.807, 2.05) is 0 Å². The molecule has 0 N–H and O–H groups in total. The molecule has 2 nitrogen and oxygen atoms in total. The minimum Gasteiger partial charge on any atom is -0.378 e. The molecule has 0 amide bonds. The van der Waals surface area contributed by atoms with Crippen LogP contribution in [0.1, 0.15) is 18.1 Å². The van der Waals surface area contributed by atoms with Gasteiger partial charge in [-0.25, -0.2) is 0 Å². The zero-order valence-electron chi connectivity index (χ0n) is 20.7. The van der Waals surface area contributed by atoms with Crippen LogP contribution in [0.4, 0.5) is 11.4 Å². The van der Waals surface area contributed by atoms with E-state index in [1.54, 1.807) is 0 Å². The van der Waals surface area contributed by atoms with Crippen LogP contribution in [-0.4, -0.2) is 28.2 Å². The maximum absolute atomic E-state index is 2.32. The monoisotopic (exact) mass is 464 g/mol. The zero-order valence-corrected chi connectivity index (χ0v) is 21.6. The van der Waals surface area contributed by atoms with Crippen molar-refractivity contribution in [1.29, 1.82) is 0 Å². The summed E-state index contributed by atoms with van der Waals surface area (Å²) >= 11 is 0. The second-order valence-electron chi connectivity index (χ2n) is 8.85. The van der Waals surface area contributed by atoms with E-state index in [2.05, 4.69) is 154 Å². The number of hydrogen-bond donors (Lipinski definition) is 0. The fraction of sp³-hybridized carbons (Fsp3) is 0.161. The smallest absolute Gasteiger partial charge is 0.0361 e. The summed E-state index contributed by atoms with van der Waals surface area (Å²) in [7, 11) is 7.66. The van der Waals surface area contributed by atoms with Crippen molar-refractivity contribution in [2.24, 2.45) is 0 Å². The fourth-order valence-corrected chi connectivity index (χ4v) is 6.73. The highest BCUT2D eigenvalue weighted by Gasteiger charge is 2.21. The van der Waals surface area contributed by atoms with Gasteiger partial charge >= 0.3 is 0 Å². The van der Waals surface area contributed by atoms with Gasteiger partial charge in [0.25, 0.3) is 0 Å². The van der Waals surface area contributed by atoms with Gasteiger partial charge in [0.05, 0.1) is 0 Å². The molecule has 0 unspecified atom stereocenters. The molecule has 0 radical (unpaired) electrons. The van der Waals surface area contributed by atoms with Crippen LogP contribution in [0.2, 0.25) is 0 Å². The number of rotatable bonds is 7. The molecule has 0 aromatic heterocycles. The van der Waals surface area contributed by atoms with Crippen molar-refractivity contribution in [3.63, 3.8) is 0 Å². The Morgan fingerprint density at radius 2 is 0.853 bits per heavy atom. The highest BCUT2D eigenvalue weighted by molar-refractivity contribution is 7.77. The fourth-order valence-electron chi connectivity index (χ4n) is 4.24. The lowest BCUT2D eigenvalue weighted by Gasteiger charge is -2.24. The van der Waals surface area contributed by atoms with E-state index in [0.717, 1.165) is 0 Å². The number of allylic oxidation sites excluding steroid dienone is 1. The van der Waals surface area contributed by atoms with Crippen LogP contribution in [0.3, 0.4) is 0 Å². The lowest BCUT2D eigenvalue weighted by molar-refractivity contribution is 1.13. The van der Waals surface area contributed by atoms with Gasteiger partial charge in [0, 0.05) is 39.6 Å². The standard InChI is InChI=1S/C31H33N2P/c1-24(34(29-12-8-6-9-13-29)30-14-10-7-11-15-30)31(25-16-20-27(21-17-25)32(2)3)26-18-22-28(23-19-26)33(4)5/h6-23H,1-5H3. The minimum absolute atomic E-state index is 0.680. The van der Waals surface area contributed by atoms with E-state index in [4.69, 9.17) is 0 Å². The average molecular weight is 465 g/mol. The van der Waals surface area contributed by atoms with Crippen LogP contribution in [0.5, 0.6) is 0 Å². The Kier molecular flexibility index (Phi) is 7.50. The van der Waals surface area contributed by atoms with Gasteiger partial charge in [0.15, 0.2) is 0 Å². The molecule has 4 aromatic carbocycles. The zero-order chi connectivity index (χ0) is 24.1. The Bertz CT molecular complexity index is 1130. The second kappa shape index (κ2) is 10.7. The molecule has 0 aliphatic heterocycles. The van der Waals surface area contributed by atoms with Crippen LogP contribution in [-0.2, 0) is 0 Å². The van der Waals surface area contributed by atoms with Gasteiger partial charge in [-0.3, -0.25) is 0 Å². The van der Waals surface area contributed by atoms with E-state index in [1.165, 1.54) is 44.0 Å². The first kappa shape index (κ1) is 23.8. The number of nitrogens with zero attached hydrogens (tertiary/aromatic N) is 2.